The highest BCUT2D eigenvalue weighted by atomic mass is 79.9. The normalized spacial score (nSPS) is 13.5. The van der Waals surface area contributed by atoms with Crippen molar-refractivity contribution >= 4 is 37.7 Å². The summed E-state index contributed by atoms with van der Waals surface area (Å²) in [6.07, 6.45) is 2.68. The molecule has 0 spiro atoms. The van der Waals surface area contributed by atoms with Crippen LogP contribution in [0.4, 0.5) is 0 Å². The van der Waals surface area contributed by atoms with Gasteiger partial charge in [-0.1, -0.05) is 13.0 Å². The summed E-state index contributed by atoms with van der Waals surface area (Å²) in [5, 5.41) is 9.10. The van der Waals surface area contributed by atoms with Crippen molar-refractivity contribution in [2.24, 2.45) is 0 Å². The van der Waals surface area contributed by atoms with Gasteiger partial charge >= 0.3 is 0 Å². The first-order chi connectivity index (χ1) is 8.94. The second kappa shape index (κ2) is 7.64. The van der Waals surface area contributed by atoms with Crippen LogP contribution in [-0.2, 0) is 16.6 Å². The highest BCUT2D eigenvalue weighted by Crippen LogP contribution is 2.23. The van der Waals surface area contributed by atoms with Gasteiger partial charge in [0.1, 0.15) is 0 Å². The molecule has 7 heteroatoms. The standard InChI is InChI=1S/C12H18BrNO3S2/c1-3-10(8-18-2)14-19(16,17)12-6-9(7-15)4-5-11(12)13/h4-6,10,14-15H,3,7-8H2,1-2H3. The van der Waals surface area contributed by atoms with E-state index in [4.69, 9.17) is 5.11 Å². The summed E-state index contributed by atoms with van der Waals surface area (Å²) in [5.74, 6) is 0.729. The number of benzene rings is 1. The summed E-state index contributed by atoms with van der Waals surface area (Å²) in [5.41, 5.74) is 0.571. The van der Waals surface area contributed by atoms with E-state index in [0.717, 1.165) is 12.2 Å². The smallest absolute Gasteiger partial charge is 0.241 e. The predicted octanol–water partition coefficient (Wildman–Crippen LogP) is 2.36. The van der Waals surface area contributed by atoms with E-state index in [-0.39, 0.29) is 17.5 Å². The number of sulfonamides is 1. The van der Waals surface area contributed by atoms with Crippen LogP contribution in [0, 0.1) is 0 Å². The lowest BCUT2D eigenvalue weighted by Crippen LogP contribution is -2.36. The summed E-state index contributed by atoms with van der Waals surface area (Å²) in [4.78, 5) is 0.165. The molecule has 0 radical (unpaired) electrons. The molecule has 0 aliphatic heterocycles. The number of aliphatic hydroxyl groups excluding tert-OH is 1. The summed E-state index contributed by atoms with van der Waals surface area (Å²) in [7, 11) is -3.58. The molecule has 0 amide bonds. The first kappa shape index (κ1) is 17.0. The molecule has 0 aromatic heterocycles. The maximum atomic E-state index is 12.3. The van der Waals surface area contributed by atoms with E-state index in [9.17, 15) is 8.42 Å². The van der Waals surface area contributed by atoms with E-state index in [2.05, 4.69) is 20.7 Å². The monoisotopic (exact) mass is 367 g/mol. The Labute approximate surface area is 127 Å². The number of hydrogen-bond donors (Lipinski definition) is 2. The van der Waals surface area contributed by atoms with E-state index in [1.54, 1.807) is 23.9 Å². The Morgan fingerprint density at radius 2 is 2.16 bits per heavy atom. The molecule has 0 saturated carbocycles. The van der Waals surface area contributed by atoms with Crippen LogP contribution in [0.15, 0.2) is 27.6 Å². The van der Waals surface area contributed by atoms with Crippen molar-refractivity contribution in [3.8, 4) is 0 Å². The van der Waals surface area contributed by atoms with Crippen molar-refractivity contribution in [3.05, 3.63) is 28.2 Å². The van der Waals surface area contributed by atoms with Gasteiger partial charge in [-0.3, -0.25) is 0 Å². The Balaban J connectivity index is 3.05. The quantitative estimate of drug-likeness (QED) is 0.776. The van der Waals surface area contributed by atoms with E-state index in [1.165, 1.54) is 6.07 Å². The second-order valence-corrected chi connectivity index (χ2v) is 7.55. The molecule has 0 fully saturated rings. The minimum atomic E-state index is -3.58. The molecule has 2 N–H and O–H groups in total. The molecule has 0 aliphatic rings. The number of hydrogen-bond acceptors (Lipinski definition) is 4. The van der Waals surface area contributed by atoms with Crippen molar-refractivity contribution in [2.75, 3.05) is 12.0 Å². The lowest BCUT2D eigenvalue weighted by Gasteiger charge is -2.17. The molecule has 1 atom stereocenters. The predicted molar refractivity (Wildman–Crippen MR) is 82.8 cm³/mol. The van der Waals surface area contributed by atoms with Crippen molar-refractivity contribution in [1.29, 1.82) is 0 Å². The molecule has 0 saturated heterocycles. The molecule has 1 unspecified atom stereocenters. The molecule has 0 heterocycles. The zero-order valence-electron chi connectivity index (χ0n) is 10.9. The molecular formula is C12H18BrNO3S2. The van der Waals surface area contributed by atoms with Crippen molar-refractivity contribution in [2.45, 2.75) is 30.9 Å². The SMILES string of the molecule is CCC(CSC)NS(=O)(=O)c1cc(CO)ccc1Br. The van der Waals surface area contributed by atoms with E-state index in [1.807, 2.05) is 13.2 Å². The van der Waals surface area contributed by atoms with Crippen LogP contribution in [-0.4, -0.2) is 31.6 Å². The number of halogens is 1. The van der Waals surface area contributed by atoms with Gasteiger partial charge in [-0.05, 0) is 46.3 Å². The number of rotatable bonds is 7. The van der Waals surface area contributed by atoms with E-state index >= 15 is 0 Å². The molecule has 19 heavy (non-hydrogen) atoms. The lowest BCUT2D eigenvalue weighted by molar-refractivity contribution is 0.281. The van der Waals surface area contributed by atoms with Crippen LogP contribution < -0.4 is 4.72 Å². The molecule has 1 aromatic rings. The topological polar surface area (TPSA) is 66.4 Å². The summed E-state index contributed by atoms with van der Waals surface area (Å²) in [6.45, 7) is 1.76. The second-order valence-electron chi connectivity index (χ2n) is 4.10. The van der Waals surface area contributed by atoms with Gasteiger partial charge < -0.3 is 5.11 Å². The first-order valence-electron chi connectivity index (χ1n) is 5.85. The molecule has 4 nitrogen and oxygen atoms in total. The van der Waals surface area contributed by atoms with Gasteiger partial charge in [-0.2, -0.15) is 11.8 Å². The van der Waals surface area contributed by atoms with Gasteiger partial charge in [0.05, 0.1) is 11.5 Å². The molecule has 1 rings (SSSR count). The van der Waals surface area contributed by atoms with Gasteiger partial charge in [-0.25, -0.2) is 13.1 Å². The van der Waals surface area contributed by atoms with Crippen LogP contribution in [0.2, 0.25) is 0 Å². The number of nitrogens with one attached hydrogen (secondary N) is 1. The largest absolute Gasteiger partial charge is 0.392 e. The summed E-state index contributed by atoms with van der Waals surface area (Å²) >= 11 is 4.84. The Kier molecular flexibility index (Phi) is 6.82. The highest BCUT2D eigenvalue weighted by molar-refractivity contribution is 9.10. The van der Waals surface area contributed by atoms with Crippen LogP contribution in [0.25, 0.3) is 0 Å². The zero-order valence-corrected chi connectivity index (χ0v) is 14.1. The van der Waals surface area contributed by atoms with E-state index < -0.39 is 10.0 Å². The summed E-state index contributed by atoms with van der Waals surface area (Å²) in [6, 6.07) is 4.71. The Morgan fingerprint density at radius 3 is 2.68 bits per heavy atom. The Morgan fingerprint density at radius 1 is 1.47 bits per heavy atom. The maximum absolute atomic E-state index is 12.3. The molecular weight excluding hydrogens is 350 g/mol. The lowest BCUT2D eigenvalue weighted by atomic mass is 10.2. The van der Waals surface area contributed by atoms with Crippen LogP contribution >= 0.6 is 27.7 Å². The summed E-state index contributed by atoms with van der Waals surface area (Å²) < 4.78 is 27.9. The number of thioether (sulfide) groups is 1. The van der Waals surface area contributed by atoms with Crippen molar-refractivity contribution in [1.82, 2.24) is 4.72 Å². The third-order valence-electron chi connectivity index (χ3n) is 2.65. The van der Waals surface area contributed by atoms with Crippen LogP contribution in [0.3, 0.4) is 0 Å². The van der Waals surface area contributed by atoms with Crippen LogP contribution in [0.5, 0.6) is 0 Å². The zero-order chi connectivity index (χ0) is 14.5. The molecule has 1 aromatic carbocycles. The average Bonchev–Trinajstić information content (AvgIpc) is 2.38. The Bertz CT molecular complexity index is 520. The highest BCUT2D eigenvalue weighted by Gasteiger charge is 2.21. The van der Waals surface area contributed by atoms with Gasteiger partial charge in [0.15, 0.2) is 0 Å². The third kappa shape index (κ3) is 4.75. The Hall–Kier alpha value is -0.0800. The molecule has 0 bridgehead atoms. The minimum absolute atomic E-state index is 0.0929. The fourth-order valence-corrected chi connectivity index (χ4v) is 4.73. The molecule has 0 aliphatic carbocycles. The molecule has 108 valence electrons. The fraction of sp³-hybridized carbons (Fsp3) is 0.500. The van der Waals surface area contributed by atoms with Crippen LogP contribution in [0.1, 0.15) is 18.9 Å². The fourth-order valence-electron chi connectivity index (χ4n) is 1.57. The number of aliphatic hydroxyl groups is 1. The van der Waals surface area contributed by atoms with Crippen molar-refractivity contribution in [3.63, 3.8) is 0 Å². The first-order valence-corrected chi connectivity index (χ1v) is 9.52. The van der Waals surface area contributed by atoms with E-state index in [0.29, 0.717) is 10.0 Å². The van der Waals surface area contributed by atoms with Gasteiger partial charge in [0, 0.05) is 16.3 Å². The minimum Gasteiger partial charge on any atom is -0.392 e. The van der Waals surface area contributed by atoms with Crippen molar-refractivity contribution < 1.29 is 13.5 Å². The van der Waals surface area contributed by atoms with Gasteiger partial charge in [0.2, 0.25) is 10.0 Å². The van der Waals surface area contributed by atoms with Gasteiger partial charge in [-0.15, -0.1) is 0 Å². The third-order valence-corrected chi connectivity index (χ3v) is 5.90. The van der Waals surface area contributed by atoms with Gasteiger partial charge in [0.25, 0.3) is 0 Å². The maximum Gasteiger partial charge on any atom is 0.241 e. The average molecular weight is 368 g/mol.